The van der Waals surface area contributed by atoms with Crippen molar-refractivity contribution in [1.29, 1.82) is 0 Å². The Kier molecular flexibility index (Phi) is 6.26. The molecule has 2 aliphatic rings. The van der Waals surface area contributed by atoms with Crippen molar-refractivity contribution in [3.05, 3.63) is 47.0 Å². The number of likely N-dealkylation sites (N-methyl/N-ethyl adjacent to an activating group) is 1. The SMILES string of the molecule is CN1CCN(c2ccc(NC(=S)NC(=O)c3ccc4c(c3)OCCO4)cc2Cl)CC1. The number of piperazine rings is 1. The van der Waals surface area contributed by atoms with Gasteiger partial charge in [0.05, 0.1) is 10.7 Å². The Labute approximate surface area is 185 Å². The quantitative estimate of drug-likeness (QED) is 0.702. The first-order chi connectivity index (χ1) is 14.5. The molecule has 2 aromatic carbocycles. The molecule has 1 fully saturated rings. The van der Waals surface area contributed by atoms with Gasteiger partial charge in [0.25, 0.3) is 5.91 Å². The topological polar surface area (TPSA) is 66.1 Å². The minimum Gasteiger partial charge on any atom is -0.486 e. The number of rotatable bonds is 3. The van der Waals surface area contributed by atoms with E-state index in [0.717, 1.165) is 31.9 Å². The molecule has 158 valence electrons. The molecule has 2 aromatic rings. The van der Waals surface area contributed by atoms with Crippen LogP contribution in [0.5, 0.6) is 11.5 Å². The maximum atomic E-state index is 12.5. The zero-order valence-corrected chi connectivity index (χ0v) is 18.2. The highest BCUT2D eigenvalue weighted by Crippen LogP contribution is 2.31. The van der Waals surface area contributed by atoms with Crippen molar-refractivity contribution in [2.75, 3.05) is 56.7 Å². The molecule has 2 N–H and O–H groups in total. The summed E-state index contributed by atoms with van der Waals surface area (Å²) in [5.41, 5.74) is 2.15. The van der Waals surface area contributed by atoms with Crippen LogP contribution in [0.15, 0.2) is 36.4 Å². The molecular weight excluding hydrogens is 424 g/mol. The number of nitrogens with zero attached hydrogens (tertiary/aromatic N) is 2. The number of carbonyl (C=O) groups excluding carboxylic acids is 1. The van der Waals surface area contributed by atoms with E-state index in [-0.39, 0.29) is 11.0 Å². The van der Waals surface area contributed by atoms with E-state index in [4.69, 9.17) is 33.3 Å². The van der Waals surface area contributed by atoms with Gasteiger partial charge in [-0.15, -0.1) is 0 Å². The molecule has 0 saturated carbocycles. The monoisotopic (exact) mass is 446 g/mol. The summed E-state index contributed by atoms with van der Waals surface area (Å²) in [7, 11) is 2.12. The number of benzene rings is 2. The first-order valence-corrected chi connectivity index (χ1v) is 10.5. The molecule has 30 heavy (non-hydrogen) atoms. The van der Waals surface area contributed by atoms with Gasteiger partial charge in [0.2, 0.25) is 0 Å². The number of carbonyl (C=O) groups is 1. The molecule has 0 atom stereocenters. The minimum atomic E-state index is -0.329. The number of hydrogen-bond acceptors (Lipinski definition) is 6. The van der Waals surface area contributed by atoms with Gasteiger partial charge in [0.15, 0.2) is 16.6 Å². The van der Waals surface area contributed by atoms with Crippen molar-refractivity contribution >= 4 is 46.2 Å². The lowest BCUT2D eigenvalue weighted by Crippen LogP contribution is -2.44. The predicted octanol–water partition coefficient (Wildman–Crippen LogP) is 2.99. The highest BCUT2D eigenvalue weighted by atomic mass is 35.5. The summed E-state index contributed by atoms with van der Waals surface area (Å²) in [5.74, 6) is 0.859. The van der Waals surface area contributed by atoms with Crippen LogP contribution in [-0.2, 0) is 0 Å². The lowest BCUT2D eigenvalue weighted by atomic mass is 10.2. The fourth-order valence-corrected chi connectivity index (χ4v) is 3.92. The summed E-state index contributed by atoms with van der Waals surface area (Å²) in [6.45, 7) is 4.85. The molecule has 0 unspecified atom stereocenters. The van der Waals surface area contributed by atoms with Crippen LogP contribution in [0.3, 0.4) is 0 Å². The van der Waals surface area contributed by atoms with Gasteiger partial charge in [-0.2, -0.15) is 0 Å². The van der Waals surface area contributed by atoms with Gasteiger partial charge >= 0.3 is 0 Å². The average molecular weight is 447 g/mol. The van der Waals surface area contributed by atoms with E-state index < -0.39 is 0 Å². The van der Waals surface area contributed by atoms with Gasteiger partial charge in [0, 0.05) is 37.4 Å². The number of ether oxygens (including phenoxy) is 2. The van der Waals surface area contributed by atoms with Crippen molar-refractivity contribution in [1.82, 2.24) is 10.2 Å². The van der Waals surface area contributed by atoms with Gasteiger partial charge in [-0.3, -0.25) is 10.1 Å². The number of anilines is 2. The zero-order chi connectivity index (χ0) is 21.1. The van der Waals surface area contributed by atoms with Crippen molar-refractivity contribution in [3.63, 3.8) is 0 Å². The number of fused-ring (bicyclic) bond motifs is 1. The van der Waals surface area contributed by atoms with Gasteiger partial charge in [0.1, 0.15) is 13.2 Å². The Hall–Kier alpha value is -2.55. The second kappa shape index (κ2) is 9.07. The molecule has 0 radical (unpaired) electrons. The van der Waals surface area contributed by atoms with Crippen LogP contribution < -0.4 is 25.0 Å². The number of nitrogens with one attached hydrogen (secondary N) is 2. The Morgan fingerprint density at radius 3 is 2.50 bits per heavy atom. The van der Waals surface area contributed by atoms with Crippen molar-refractivity contribution in [2.24, 2.45) is 0 Å². The van der Waals surface area contributed by atoms with Gasteiger partial charge in [-0.05, 0) is 55.7 Å². The lowest BCUT2D eigenvalue weighted by molar-refractivity contribution is 0.0976. The average Bonchev–Trinajstić information content (AvgIpc) is 2.74. The molecule has 9 heteroatoms. The minimum absolute atomic E-state index is 0.193. The maximum Gasteiger partial charge on any atom is 0.257 e. The summed E-state index contributed by atoms with van der Waals surface area (Å²) >= 11 is 11.8. The van der Waals surface area contributed by atoms with E-state index in [1.807, 2.05) is 18.2 Å². The van der Waals surface area contributed by atoms with Crippen LogP contribution in [0.2, 0.25) is 5.02 Å². The Morgan fingerprint density at radius 1 is 1.03 bits per heavy atom. The van der Waals surface area contributed by atoms with E-state index in [0.29, 0.717) is 41.0 Å². The zero-order valence-electron chi connectivity index (χ0n) is 16.6. The Balaban J connectivity index is 1.37. The summed E-state index contributed by atoms with van der Waals surface area (Å²) < 4.78 is 11.0. The highest BCUT2D eigenvalue weighted by Gasteiger charge is 2.18. The largest absolute Gasteiger partial charge is 0.486 e. The van der Waals surface area contributed by atoms with Crippen LogP contribution in [0, 0.1) is 0 Å². The highest BCUT2D eigenvalue weighted by molar-refractivity contribution is 7.80. The van der Waals surface area contributed by atoms with E-state index in [2.05, 4.69) is 27.5 Å². The summed E-state index contributed by atoms with van der Waals surface area (Å²) in [5, 5.41) is 6.53. The maximum absolute atomic E-state index is 12.5. The summed E-state index contributed by atoms with van der Waals surface area (Å²) in [6, 6.07) is 10.7. The third-order valence-corrected chi connectivity index (χ3v) is 5.59. The first-order valence-electron chi connectivity index (χ1n) is 9.74. The van der Waals surface area contributed by atoms with Gasteiger partial charge in [-0.1, -0.05) is 11.6 Å². The third-order valence-electron chi connectivity index (χ3n) is 5.08. The smallest absolute Gasteiger partial charge is 0.257 e. The van der Waals surface area contributed by atoms with Crippen molar-refractivity contribution in [3.8, 4) is 11.5 Å². The number of amides is 1. The van der Waals surface area contributed by atoms with Crippen LogP contribution >= 0.6 is 23.8 Å². The van der Waals surface area contributed by atoms with Crippen LogP contribution in [-0.4, -0.2) is 62.4 Å². The molecular formula is C21H23ClN4O3S. The molecule has 4 rings (SSSR count). The fraction of sp³-hybridized carbons (Fsp3) is 0.333. The summed E-state index contributed by atoms with van der Waals surface area (Å²) in [4.78, 5) is 17.1. The molecule has 2 aliphatic heterocycles. The van der Waals surface area contributed by atoms with Crippen LogP contribution in [0.4, 0.5) is 11.4 Å². The van der Waals surface area contributed by atoms with Crippen molar-refractivity contribution < 1.29 is 14.3 Å². The van der Waals surface area contributed by atoms with E-state index >= 15 is 0 Å². The Morgan fingerprint density at radius 2 is 1.77 bits per heavy atom. The lowest BCUT2D eigenvalue weighted by Gasteiger charge is -2.34. The standard InChI is InChI=1S/C21H23ClN4O3S/c1-25-6-8-26(9-7-25)17-4-3-15(13-16(17)22)23-21(30)24-20(27)14-2-5-18-19(12-14)29-11-10-28-18/h2-5,12-13H,6-11H2,1H3,(H2,23,24,27,30). The second-order valence-electron chi connectivity index (χ2n) is 7.22. The third kappa shape index (κ3) is 4.77. The fourth-order valence-electron chi connectivity index (χ4n) is 3.41. The first kappa shape index (κ1) is 20.7. The predicted molar refractivity (Wildman–Crippen MR) is 122 cm³/mol. The number of hydrogen-bond donors (Lipinski definition) is 2. The normalized spacial score (nSPS) is 16.1. The second-order valence-corrected chi connectivity index (χ2v) is 8.04. The van der Waals surface area contributed by atoms with Gasteiger partial charge < -0.3 is 24.6 Å². The Bertz CT molecular complexity index is 963. The number of thiocarbonyl (C=S) groups is 1. The molecule has 0 bridgehead atoms. The van der Waals surface area contributed by atoms with Crippen LogP contribution in [0.1, 0.15) is 10.4 Å². The molecule has 7 nitrogen and oxygen atoms in total. The van der Waals surface area contributed by atoms with E-state index in [9.17, 15) is 4.79 Å². The van der Waals surface area contributed by atoms with Gasteiger partial charge in [-0.25, -0.2) is 0 Å². The molecule has 2 heterocycles. The van der Waals surface area contributed by atoms with E-state index in [1.165, 1.54) is 0 Å². The number of halogens is 1. The molecule has 0 spiro atoms. The molecule has 1 saturated heterocycles. The summed E-state index contributed by atoms with van der Waals surface area (Å²) in [6.07, 6.45) is 0. The van der Waals surface area contributed by atoms with Crippen molar-refractivity contribution in [2.45, 2.75) is 0 Å². The molecule has 1 amide bonds. The van der Waals surface area contributed by atoms with E-state index in [1.54, 1.807) is 18.2 Å². The molecule has 0 aromatic heterocycles. The van der Waals surface area contributed by atoms with Crippen LogP contribution in [0.25, 0.3) is 0 Å². The molecule has 0 aliphatic carbocycles.